The minimum atomic E-state index is -1.05. The van der Waals surface area contributed by atoms with Crippen LogP contribution in [0.2, 0.25) is 0 Å². The standard InChI is InChI=1S/C18H19N3O3S.C2H6/c1-10(2)17(22)20(4)13-7-12(18(23)24)9-21-14(8-19-16(13)21)15-6-5-11(3)25-15;1-2/h5-10H,1-4H3,(H,23,24);1-2H3. The van der Waals surface area contributed by atoms with Gasteiger partial charge in [0, 0.05) is 24.0 Å². The molecule has 0 aliphatic heterocycles. The van der Waals surface area contributed by atoms with Gasteiger partial charge in [0.05, 0.1) is 28.0 Å². The van der Waals surface area contributed by atoms with E-state index in [1.807, 2.05) is 46.8 Å². The Hall–Kier alpha value is -2.67. The number of carboxylic acids is 1. The van der Waals surface area contributed by atoms with Gasteiger partial charge in [0.15, 0.2) is 5.65 Å². The lowest BCUT2D eigenvalue weighted by Crippen LogP contribution is -2.31. The normalized spacial score (nSPS) is 10.6. The molecule has 27 heavy (non-hydrogen) atoms. The number of imidazole rings is 1. The number of pyridine rings is 1. The number of hydrogen-bond donors (Lipinski definition) is 1. The molecule has 1 N–H and O–H groups in total. The summed E-state index contributed by atoms with van der Waals surface area (Å²) in [5.41, 5.74) is 1.96. The van der Waals surface area contributed by atoms with Crippen LogP contribution in [0, 0.1) is 12.8 Å². The van der Waals surface area contributed by atoms with Gasteiger partial charge in [0.2, 0.25) is 5.91 Å². The number of hydrogen-bond acceptors (Lipinski definition) is 4. The van der Waals surface area contributed by atoms with Gasteiger partial charge < -0.3 is 10.0 Å². The Kier molecular flexibility index (Phi) is 6.38. The number of aromatic nitrogens is 2. The van der Waals surface area contributed by atoms with Crippen LogP contribution >= 0.6 is 11.3 Å². The van der Waals surface area contributed by atoms with E-state index in [1.54, 1.807) is 35.2 Å². The maximum atomic E-state index is 12.4. The molecule has 0 atom stereocenters. The van der Waals surface area contributed by atoms with Gasteiger partial charge in [-0.15, -0.1) is 11.3 Å². The molecule has 7 heteroatoms. The van der Waals surface area contributed by atoms with E-state index in [4.69, 9.17) is 0 Å². The first kappa shape index (κ1) is 20.6. The third-order valence-corrected chi connectivity index (χ3v) is 5.04. The van der Waals surface area contributed by atoms with Crippen molar-refractivity contribution in [3.8, 4) is 10.6 Å². The van der Waals surface area contributed by atoms with Gasteiger partial charge in [-0.25, -0.2) is 9.78 Å². The molecule has 3 aromatic rings. The number of anilines is 1. The van der Waals surface area contributed by atoms with E-state index in [0.717, 1.165) is 15.4 Å². The maximum Gasteiger partial charge on any atom is 0.337 e. The van der Waals surface area contributed by atoms with E-state index in [9.17, 15) is 14.7 Å². The molecular formula is C20H25N3O3S. The summed E-state index contributed by atoms with van der Waals surface area (Å²) in [7, 11) is 1.65. The van der Waals surface area contributed by atoms with Crippen molar-refractivity contribution < 1.29 is 14.7 Å². The smallest absolute Gasteiger partial charge is 0.337 e. The zero-order chi connectivity index (χ0) is 20.3. The lowest BCUT2D eigenvalue weighted by molar-refractivity contribution is -0.121. The molecule has 0 unspecified atom stereocenters. The highest BCUT2D eigenvalue weighted by Crippen LogP contribution is 2.32. The average molecular weight is 388 g/mol. The predicted molar refractivity (Wildman–Crippen MR) is 110 cm³/mol. The van der Waals surface area contributed by atoms with Crippen LogP contribution in [-0.2, 0) is 4.79 Å². The summed E-state index contributed by atoms with van der Waals surface area (Å²) in [5, 5.41) is 9.47. The zero-order valence-corrected chi connectivity index (χ0v) is 17.3. The van der Waals surface area contributed by atoms with E-state index in [1.165, 1.54) is 11.0 Å². The van der Waals surface area contributed by atoms with Gasteiger partial charge >= 0.3 is 5.97 Å². The molecule has 0 aromatic carbocycles. The highest BCUT2D eigenvalue weighted by atomic mass is 32.1. The number of thiophene rings is 1. The molecule has 0 fully saturated rings. The molecule has 0 radical (unpaired) electrons. The Balaban J connectivity index is 0.00000126. The molecule has 1 amide bonds. The van der Waals surface area contributed by atoms with Crippen molar-refractivity contribution in [3.63, 3.8) is 0 Å². The molecule has 6 nitrogen and oxygen atoms in total. The van der Waals surface area contributed by atoms with Crippen molar-refractivity contribution in [2.24, 2.45) is 5.92 Å². The van der Waals surface area contributed by atoms with E-state index in [-0.39, 0.29) is 17.4 Å². The van der Waals surface area contributed by atoms with Gasteiger partial charge in [-0.05, 0) is 25.1 Å². The summed E-state index contributed by atoms with van der Waals surface area (Å²) in [5.74, 6) is -1.34. The Morgan fingerprint density at radius 2 is 1.93 bits per heavy atom. The topological polar surface area (TPSA) is 74.9 Å². The second-order valence-corrected chi connectivity index (χ2v) is 7.51. The molecule has 0 bridgehead atoms. The van der Waals surface area contributed by atoms with Crippen molar-refractivity contribution in [2.75, 3.05) is 11.9 Å². The van der Waals surface area contributed by atoms with Crippen LogP contribution in [0.25, 0.3) is 16.2 Å². The molecule has 0 aliphatic rings. The molecule has 3 aromatic heterocycles. The summed E-state index contributed by atoms with van der Waals surface area (Å²) in [6, 6.07) is 5.49. The van der Waals surface area contributed by atoms with E-state index < -0.39 is 5.97 Å². The number of carboxylic acid groups (broad SMARTS) is 1. The summed E-state index contributed by atoms with van der Waals surface area (Å²) in [6.45, 7) is 9.63. The van der Waals surface area contributed by atoms with Crippen LogP contribution in [0.5, 0.6) is 0 Å². The molecule has 0 spiro atoms. The summed E-state index contributed by atoms with van der Waals surface area (Å²) >= 11 is 1.61. The fourth-order valence-electron chi connectivity index (χ4n) is 2.69. The van der Waals surface area contributed by atoms with Crippen molar-refractivity contribution in [1.82, 2.24) is 9.38 Å². The molecule has 0 saturated heterocycles. The van der Waals surface area contributed by atoms with Crippen molar-refractivity contribution in [2.45, 2.75) is 34.6 Å². The largest absolute Gasteiger partial charge is 0.478 e. The molecule has 0 aliphatic carbocycles. The maximum absolute atomic E-state index is 12.4. The SMILES string of the molecule is CC.Cc1ccc(-c2cnc3c(N(C)C(=O)C(C)C)cc(C(=O)O)cn23)s1. The first-order valence-electron chi connectivity index (χ1n) is 8.88. The fraction of sp³-hybridized carbons (Fsp3) is 0.350. The molecule has 3 rings (SSSR count). The van der Waals surface area contributed by atoms with Gasteiger partial charge in [0.1, 0.15) is 0 Å². The quantitative estimate of drug-likeness (QED) is 0.703. The number of aryl methyl sites for hydroxylation is 1. The Morgan fingerprint density at radius 3 is 2.44 bits per heavy atom. The number of fused-ring (bicyclic) bond motifs is 1. The van der Waals surface area contributed by atoms with Crippen LogP contribution < -0.4 is 4.90 Å². The molecule has 3 heterocycles. The van der Waals surface area contributed by atoms with Gasteiger partial charge in [-0.1, -0.05) is 27.7 Å². The average Bonchev–Trinajstić information content (AvgIpc) is 3.26. The number of amides is 1. The summed E-state index contributed by atoms with van der Waals surface area (Å²) in [4.78, 5) is 32.0. The van der Waals surface area contributed by atoms with Crippen molar-refractivity contribution in [3.05, 3.63) is 41.0 Å². The monoisotopic (exact) mass is 387 g/mol. The zero-order valence-electron chi connectivity index (χ0n) is 16.5. The highest BCUT2D eigenvalue weighted by Gasteiger charge is 2.22. The second-order valence-electron chi connectivity index (χ2n) is 6.22. The third-order valence-electron chi connectivity index (χ3n) is 4.01. The van der Waals surface area contributed by atoms with Crippen molar-refractivity contribution >= 4 is 34.5 Å². The summed E-state index contributed by atoms with van der Waals surface area (Å²) < 4.78 is 1.74. The minimum Gasteiger partial charge on any atom is -0.478 e. The van der Waals surface area contributed by atoms with Gasteiger partial charge in [0.25, 0.3) is 0 Å². The Morgan fingerprint density at radius 1 is 1.26 bits per heavy atom. The van der Waals surface area contributed by atoms with Crippen LogP contribution in [0.3, 0.4) is 0 Å². The van der Waals surface area contributed by atoms with Crippen LogP contribution in [-0.4, -0.2) is 33.4 Å². The van der Waals surface area contributed by atoms with Crippen LogP contribution in [0.15, 0.2) is 30.6 Å². The number of carbonyl (C=O) groups is 2. The molecule has 144 valence electrons. The van der Waals surface area contributed by atoms with E-state index in [0.29, 0.717) is 11.3 Å². The number of nitrogens with zero attached hydrogens (tertiary/aromatic N) is 3. The second kappa shape index (κ2) is 8.35. The van der Waals surface area contributed by atoms with Crippen LogP contribution in [0.1, 0.15) is 42.9 Å². The number of rotatable bonds is 4. The molecule has 0 saturated carbocycles. The number of aromatic carboxylic acids is 1. The predicted octanol–water partition coefficient (Wildman–Crippen LogP) is 4.71. The highest BCUT2D eigenvalue weighted by molar-refractivity contribution is 7.15. The van der Waals surface area contributed by atoms with Crippen molar-refractivity contribution in [1.29, 1.82) is 0 Å². The summed E-state index contributed by atoms with van der Waals surface area (Å²) in [6.07, 6.45) is 3.26. The minimum absolute atomic E-state index is 0.0963. The first-order chi connectivity index (χ1) is 12.8. The fourth-order valence-corrected chi connectivity index (χ4v) is 3.57. The number of carbonyl (C=O) groups excluding carboxylic acids is 1. The lowest BCUT2D eigenvalue weighted by Gasteiger charge is -2.20. The molecular weight excluding hydrogens is 362 g/mol. The Bertz CT molecular complexity index is 972. The Labute approximate surface area is 163 Å². The van der Waals surface area contributed by atoms with E-state index >= 15 is 0 Å². The third kappa shape index (κ3) is 4.03. The van der Waals surface area contributed by atoms with Gasteiger partial charge in [-0.3, -0.25) is 9.20 Å². The van der Waals surface area contributed by atoms with Gasteiger partial charge in [-0.2, -0.15) is 0 Å². The first-order valence-corrected chi connectivity index (χ1v) is 9.70. The lowest BCUT2D eigenvalue weighted by atomic mass is 10.1. The van der Waals surface area contributed by atoms with Crippen LogP contribution in [0.4, 0.5) is 5.69 Å². The van der Waals surface area contributed by atoms with E-state index in [2.05, 4.69) is 4.98 Å².